The van der Waals surface area contributed by atoms with Gasteiger partial charge in [-0.3, -0.25) is 4.79 Å². The van der Waals surface area contributed by atoms with E-state index in [2.05, 4.69) is 29.0 Å². The Morgan fingerprint density at radius 2 is 1.91 bits per heavy atom. The van der Waals surface area contributed by atoms with Crippen molar-refractivity contribution in [2.75, 3.05) is 18.0 Å². The number of halogens is 1. The average Bonchev–Trinajstić information content (AvgIpc) is 3.35. The van der Waals surface area contributed by atoms with Gasteiger partial charge in [0.05, 0.1) is 11.8 Å². The molecule has 4 rings (SSSR count). The molecule has 4 aromatic rings. The number of carbonyl (C=O) groups excluding carboxylic acids is 1. The van der Waals surface area contributed by atoms with Crippen LogP contribution in [0.3, 0.4) is 0 Å². The summed E-state index contributed by atoms with van der Waals surface area (Å²) >= 11 is 6.25. The van der Waals surface area contributed by atoms with E-state index in [-0.39, 0.29) is 5.91 Å². The fraction of sp³-hybridized carbons (Fsp3) is 0.269. The fourth-order valence-corrected chi connectivity index (χ4v) is 3.86. The largest absolute Gasteiger partial charge is 0.461 e. The van der Waals surface area contributed by atoms with Gasteiger partial charge in [-0.1, -0.05) is 55.8 Å². The Bertz CT molecular complexity index is 1210. The smallest absolute Gasteiger partial charge is 0.222 e. The van der Waals surface area contributed by atoms with Crippen LogP contribution in [-0.4, -0.2) is 29.0 Å². The highest BCUT2D eigenvalue weighted by molar-refractivity contribution is 6.31. The Hall–Kier alpha value is -3.38. The number of carbonyl (C=O) groups is 1. The fourth-order valence-electron chi connectivity index (χ4n) is 3.69. The molecule has 0 saturated heterocycles. The summed E-state index contributed by atoms with van der Waals surface area (Å²) < 4.78 is 5.55. The van der Waals surface area contributed by atoms with Gasteiger partial charge in [-0.2, -0.15) is 0 Å². The molecule has 0 bridgehead atoms. The van der Waals surface area contributed by atoms with Gasteiger partial charge >= 0.3 is 0 Å². The van der Waals surface area contributed by atoms with Crippen LogP contribution in [0.4, 0.5) is 5.82 Å². The summed E-state index contributed by atoms with van der Waals surface area (Å²) in [4.78, 5) is 24.3. The molecule has 33 heavy (non-hydrogen) atoms. The minimum absolute atomic E-state index is 0.000253. The van der Waals surface area contributed by atoms with E-state index < -0.39 is 0 Å². The molecular formula is C26H27ClN4O2. The lowest BCUT2D eigenvalue weighted by Gasteiger charge is -2.27. The average molecular weight is 463 g/mol. The third-order valence-corrected chi connectivity index (χ3v) is 5.44. The van der Waals surface area contributed by atoms with Crippen LogP contribution >= 0.6 is 11.6 Å². The van der Waals surface area contributed by atoms with Crippen molar-refractivity contribution >= 4 is 34.2 Å². The molecule has 0 atom stereocenters. The zero-order valence-corrected chi connectivity index (χ0v) is 19.5. The maximum atomic E-state index is 12.6. The van der Waals surface area contributed by atoms with Crippen molar-refractivity contribution in [1.82, 2.24) is 15.3 Å². The predicted molar refractivity (Wildman–Crippen MR) is 132 cm³/mol. The summed E-state index contributed by atoms with van der Waals surface area (Å²) in [5.41, 5.74) is 1.81. The molecule has 1 N–H and O–H groups in total. The lowest BCUT2D eigenvalue weighted by molar-refractivity contribution is -0.121. The summed E-state index contributed by atoms with van der Waals surface area (Å²) in [7, 11) is 0. The first kappa shape index (κ1) is 22.8. The number of amides is 1. The van der Waals surface area contributed by atoms with E-state index in [1.54, 1.807) is 6.26 Å². The van der Waals surface area contributed by atoms with Gasteiger partial charge in [0, 0.05) is 36.5 Å². The van der Waals surface area contributed by atoms with E-state index in [4.69, 9.17) is 21.0 Å². The minimum atomic E-state index is 0.000253. The minimum Gasteiger partial charge on any atom is -0.461 e. The normalized spacial score (nSPS) is 11.2. The SMILES string of the molecule is CC(C)CN(CCC(=O)NCc1ccccc1)c1nc(-c2ccco2)nc2cc(Cl)ccc12. The number of rotatable bonds is 9. The molecule has 0 saturated carbocycles. The Morgan fingerprint density at radius 1 is 1.09 bits per heavy atom. The lowest BCUT2D eigenvalue weighted by Crippen LogP contribution is -2.34. The third kappa shape index (κ3) is 5.90. The van der Waals surface area contributed by atoms with E-state index in [9.17, 15) is 4.79 Å². The highest BCUT2D eigenvalue weighted by Crippen LogP contribution is 2.30. The Balaban J connectivity index is 1.59. The van der Waals surface area contributed by atoms with E-state index in [0.717, 1.165) is 28.8 Å². The number of anilines is 1. The molecular weight excluding hydrogens is 436 g/mol. The standard InChI is InChI=1S/C26H27ClN4O2/c1-18(2)17-31(13-12-24(32)28-16-19-7-4-3-5-8-19)26-21-11-10-20(27)15-22(21)29-25(30-26)23-9-6-14-33-23/h3-11,14-15,18H,12-13,16-17H2,1-2H3,(H,28,32). The van der Waals surface area contributed by atoms with Crippen LogP contribution in [0.15, 0.2) is 71.3 Å². The van der Waals surface area contributed by atoms with E-state index >= 15 is 0 Å². The maximum Gasteiger partial charge on any atom is 0.222 e. The van der Waals surface area contributed by atoms with Gasteiger partial charge in [-0.25, -0.2) is 9.97 Å². The first-order valence-electron chi connectivity index (χ1n) is 11.1. The molecule has 1 amide bonds. The first-order chi connectivity index (χ1) is 16.0. The van der Waals surface area contributed by atoms with Crippen LogP contribution in [0.5, 0.6) is 0 Å². The molecule has 7 heteroatoms. The van der Waals surface area contributed by atoms with Crippen LogP contribution < -0.4 is 10.2 Å². The molecule has 0 spiro atoms. The van der Waals surface area contributed by atoms with Gasteiger partial charge in [-0.15, -0.1) is 0 Å². The quantitative estimate of drug-likeness (QED) is 0.345. The van der Waals surface area contributed by atoms with Gasteiger partial charge in [0.15, 0.2) is 11.6 Å². The molecule has 170 valence electrons. The second-order valence-electron chi connectivity index (χ2n) is 8.36. The summed E-state index contributed by atoms with van der Waals surface area (Å²) in [6.45, 7) is 6.09. The molecule has 2 heterocycles. The predicted octanol–water partition coefficient (Wildman–Crippen LogP) is 5.71. The zero-order valence-electron chi connectivity index (χ0n) is 18.8. The highest BCUT2D eigenvalue weighted by atomic mass is 35.5. The summed E-state index contributed by atoms with van der Waals surface area (Å²) in [5.74, 6) is 2.23. The molecule has 0 aliphatic carbocycles. The first-order valence-corrected chi connectivity index (χ1v) is 11.4. The topological polar surface area (TPSA) is 71.3 Å². The molecule has 0 aliphatic heterocycles. The van der Waals surface area contributed by atoms with Crippen LogP contribution in [0.2, 0.25) is 5.02 Å². The zero-order chi connectivity index (χ0) is 23.2. The number of hydrogen-bond donors (Lipinski definition) is 1. The van der Waals surface area contributed by atoms with Gasteiger partial charge < -0.3 is 14.6 Å². The van der Waals surface area contributed by atoms with Gasteiger partial charge in [-0.05, 0) is 41.8 Å². The van der Waals surface area contributed by atoms with Gasteiger partial charge in [0.25, 0.3) is 0 Å². The number of hydrogen-bond acceptors (Lipinski definition) is 5. The molecule has 0 radical (unpaired) electrons. The van der Waals surface area contributed by atoms with Crippen LogP contribution in [0.1, 0.15) is 25.8 Å². The second-order valence-corrected chi connectivity index (χ2v) is 8.80. The number of nitrogens with zero attached hydrogens (tertiary/aromatic N) is 3. The van der Waals surface area contributed by atoms with E-state index in [1.807, 2.05) is 60.7 Å². The lowest BCUT2D eigenvalue weighted by atomic mass is 10.1. The number of fused-ring (bicyclic) bond motifs is 1. The number of benzene rings is 2. The van der Waals surface area contributed by atoms with Crippen molar-refractivity contribution in [2.45, 2.75) is 26.8 Å². The molecule has 2 aromatic heterocycles. The Morgan fingerprint density at radius 3 is 2.64 bits per heavy atom. The molecule has 6 nitrogen and oxygen atoms in total. The van der Waals surface area contributed by atoms with Crippen LogP contribution in [0.25, 0.3) is 22.5 Å². The van der Waals surface area contributed by atoms with Crippen molar-refractivity contribution in [3.05, 3.63) is 77.5 Å². The highest BCUT2D eigenvalue weighted by Gasteiger charge is 2.19. The van der Waals surface area contributed by atoms with Gasteiger partial charge in [0.2, 0.25) is 5.91 Å². The number of furan rings is 1. The maximum absolute atomic E-state index is 12.6. The molecule has 2 aromatic carbocycles. The number of aromatic nitrogens is 2. The second kappa shape index (κ2) is 10.5. The molecule has 0 aliphatic rings. The number of nitrogens with one attached hydrogen (secondary N) is 1. The summed E-state index contributed by atoms with van der Waals surface area (Å²) in [5, 5.41) is 4.50. The third-order valence-electron chi connectivity index (χ3n) is 5.21. The van der Waals surface area contributed by atoms with E-state index in [1.165, 1.54) is 0 Å². The van der Waals surface area contributed by atoms with Crippen molar-refractivity contribution < 1.29 is 9.21 Å². The van der Waals surface area contributed by atoms with Crippen molar-refractivity contribution in [2.24, 2.45) is 5.92 Å². The summed E-state index contributed by atoms with van der Waals surface area (Å²) in [6, 6.07) is 19.1. The van der Waals surface area contributed by atoms with E-state index in [0.29, 0.717) is 42.0 Å². The monoisotopic (exact) mass is 462 g/mol. The van der Waals surface area contributed by atoms with Crippen molar-refractivity contribution in [3.63, 3.8) is 0 Å². The Labute approximate surface area is 198 Å². The summed E-state index contributed by atoms with van der Waals surface area (Å²) in [6.07, 6.45) is 1.96. The molecule has 0 unspecified atom stereocenters. The van der Waals surface area contributed by atoms with Gasteiger partial charge in [0.1, 0.15) is 5.82 Å². The van der Waals surface area contributed by atoms with Crippen LogP contribution in [-0.2, 0) is 11.3 Å². The van der Waals surface area contributed by atoms with Crippen molar-refractivity contribution in [1.29, 1.82) is 0 Å². The van der Waals surface area contributed by atoms with Crippen LogP contribution in [0, 0.1) is 5.92 Å². The van der Waals surface area contributed by atoms with Crippen molar-refractivity contribution in [3.8, 4) is 11.6 Å². The molecule has 0 fully saturated rings. The Kier molecular flexibility index (Phi) is 7.25.